The Balaban J connectivity index is 2.42. The maximum absolute atomic E-state index is 13.6. The van der Waals surface area contributed by atoms with Crippen molar-refractivity contribution < 1.29 is 9.13 Å². The minimum absolute atomic E-state index is 0.377. The molecule has 82 valence electrons. The zero-order valence-corrected chi connectivity index (χ0v) is 8.77. The molecule has 2 N–H and O–H groups in total. The van der Waals surface area contributed by atoms with Crippen LogP contribution in [0.4, 0.5) is 10.1 Å². The zero-order valence-electron chi connectivity index (χ0n) is 8.77. The molecule has 1 aromatic heterocycles. The highest BCUT2D eigenvalue weighted by molar-refractivity contribution is 5.63. The van der Waals surface area contributed by atoms with Crippen LogP contribution in [0.25, 0.3) is 11.3 Å². The summed E-state index contributed by atoms with van der Waals surface area (Å²) in [5.74, 6) is 0.261. The van der Waals surface area contributed by atoms with Gasteiger partial charge in [-0.15, -0.1) is 0 Å². The molecule has 0 saturated heterocycles. The van der Waals surface area contributed by atoms with Crippen LogP contribution in [0.5, 0.6) is 5.75 Å². The molecule has 0 aliphatic rings. The zero-order chi connectivity index (χ0) is 11.5. The molecule has 0 bridgehead atoms. The van der Waals surface area contributed by atoms with Gasteiger partial charge in [-0.25, -0.2) is 4.39 Å². The molecule has 0 unspecified atom stereocenters. The monoisotopic (exact) mass is 218 g/mol. The largest absolute Gasteiger partial charge is 0.495 e. The van der Waals surface area contributed by atoms with E-state index >= 15 is 0 Å². The number of ether oxygens (including phenoxy) is 1. The molecule has 1 aromatic carbocycles. The van der Waals surface area contributed by atoms with Crippen LogP contribution in [0.2, 0.25) is 0 Å². The third kappa shape index (κ3) is 1.95. The lowest BCUT2D eigenvalue weighted by Crippen LogP contribution is -1.92. The molecule has 0 aliphatic heterocycles. The second-order valence-corrected chi connectivity index (χ2v) is 3.32. The van der Waals surface area contributed by atoms with Gasteiger partial charge < -0.3 is 10.5 Å². The Labute approximate surface area is 92.7 Å². The van der Waals surface area contributed by atoms with Gasteiger partial charge in [-0.3, -0.25) is 4.98 Å². The van der Waals surface area contributed by atoms with Gasteiger partial charge in [0.1, 0.15) is 11.6 Å². The van der Waals surface area contributed by atoms with Crippen LogP contribution >= 0.6 is 0 Å². The number of nitrogens with zero attached hydrogens (tertiary/aromatic N) is 1. The number of halogens is 1. The first-order chi connectivity index (χ1) is 7.70. The predicted octanol–water partition coefficient (Wildman–Crippen LogP) is 2.48. The van der Waals surface area contributed by atoms with Crippen LogP contribution in [0, 0.1) is 5.82 Å². The maximum Gasteiger partial charge on any atom is 0.137 e. The van der Waals surface area contributed by atoms with Gasteiger partial charge >= 0.3 is 0 Å². The van der Waals surface area contributed by atoms with Crippen molar-refractivity contribution in [3.05, 3.63) is 42.3 Å². The van der Waals surface area contributed by atoms with Crippen molar-refractivity contribution in [2.75, 3.05) is 12.8 Å². The average molecular weight is 218 g/mol. The summed E-state index contributed by atoms with van der Waals surface area (Å²) in [7, 11) is 1.56. The molecule has 0 radical (unpaired) electrons. The number of methoxy groups -OCH3 is 1. The van der Waals surface area contributed by atoms with Gasteiger partial charge in [-0.2, -0.15) is 0 Å². The second kappa shape index (κ2) is 4.18. The number of aromatic nitrogens is 1. The first-order valence-corrected chi connectivity index (χ1v) is 4.76. The van der Waals surface area contributed by atoms with Gasteiger partial charge in [0.25, 0.3) is 0 Å². The quantitative estimate of drug-likeness (QED) is 0.788. The second-order valence-electron chi connectivity index (χ2n) is 3.32. The lowest BCUT2D eigenvalue weighted by atomic mass is 10.1. The number of hydrogen-bond acceptors (Lipinski definition) is 3. The summed E-state index contributed by atoms with van der Waals surface area (Å²) >= 11 is 0. The van der Waals surface area contributed by atoms with Crippen LogP contribution in [0.1, 0.15) is 0 Å². The van der Waals surface area contributed by atoms with Gasteiger partial charge in [0.15, 0.2) is 0 Å². The van der Waals surface area contributed by atoms with E-state index in [2.05, 4.69) is 4.98 Å². The first-order valence-electron chi connectivity index (χ1n) is 4.76. The van der Waals surface area contributed by atoms with E-state index in [1.807, 2.05) is 0 Å². The van der Waals surface area contributed by atoms with Crippen LogP contribution < -0.4 is 10.5 Å². The van der Waals surface area contributed by atoms with Crippen molar-refractivity contribution in [3.8, 4) is 17.0 Å². The van der Waals surface area contributed by atoms with Crippen molar-refractivity contribution in [1.29, 1.82) is 0 Å². The van der Waals surface area contributed by atoms with Gasteiger partial charge in [0.05, 0.1) is 19.0 Å². The molecular weight excluding hydrogens is 207 g/mol. The molecule has 1 heterocycles. The Morgan fingerprint density at radius 3 is 2.62 bits per heavy atom. The molecular formula is C12H11FN2O. The lowest BCUT2D eigenvalue weighted by Gasteiger charge is -2.04. The first kappa shape index (κ1) is 10.4. The summed E-state index contributed by atoms with van der Waals surface area (Å²) in [4.78, 5) is 4.10. The van der Waals surface area contributed by atoms with Crippen LogP contribution in [0.3, 0.4) is 0 Å². The highest BCUT2D eigenvalue weighted by Gasteiger charge is 2.06. The molecule has 0 spiro atoms. The third-order valence-electron chi connectivity index (χ3n) is 2.24. The smallest absolute Gasteiger partial charge is 0.137 e. The summed E-state index contributed by atoms with van der Waals surface area (Å²) in [6.07, 6.45) is 1.55. The van der Waals surface area contributed by atoms with Crippen LogP contribution in [0.15, 0.2) is 36.5 Å². The number of anilines is 1. The Morgan fingerprint density at radius 2 is 2.06 bits per heavy atom. The number of nitrogen functional groups attached to an aromatic ring is 1. The van der Waals surface area contributed by atoms with E-state index < -0.39 is 0 Å². The van der Waals surface area contributed by atoms with Gasteiger partial charge in [0, 0.05) is 11.3 Å². The highest BCUT2D eigenvalue weighted by atomic mass is 19.1. The molecule has 0 atom stereocenters. The summed E-state index contributed by atoms with van der Waals surface area (Å²) in [5, 5.41) is 0. The average Bonchev–Trinajstić information content (AvgIpc) is 2.29. The van der Waals surface area contributed by atoms with Crippen molar-refractivity contribution in [3.63, 3.8) is 0 Å². The minimum Gasteiger partial charge on any atom is -0.495 e. The van der Waals surface area contributed by atoms with Gasteiger partial charge in [-0.05, 0) is 30.3 Å². The topological polar surface area (TPSA) is 48.1 Å². The maximum atomic E-state index is 13.6. The van der Waals surface area contributed by atoms with Crippen LogP contribution in [-0.4, -0.2) is 12.1 Å². The van der Waals surface area contributed by atoms with E-state index in [0.717, 1.165) is 0 Å². The van der Waals surface area contributed by atoms with E-state index in [4.69, 9.17) is 10.5 Å². The SMILES string of the molecule is COc1ccc(-c2ccc(N)cc2F)nc1. The Morgan fingerprint density at radius 1 is 1.25 bits per heavy atom. The summed E-state index contributed by atoms with van der Waals surface area (Å²) < 4.78 is 18.5. The molecule has 2 rings (SSSR count). The Bertz CT molecular complexity index is 497. The summed E-state index contributed by atoms with van der Waals surface area (Å²) in [6, 6.07) is 7.97. The fourth-order valence-corrected chi connectivity index (χ4v) is 1.40. The number of benzene rings is 1. The van der Waals surface area contributed by atoms with Crippen molar-refractivity contribution >= 4 is 5.69 Å². The lowest BCUT2D eigenvalue weighted by molar-refractivity contribution is 0.413. The van der Waals surface area contributed by atoms with Crippen molar-refractivity contribution in [2.45, 2.75) is 0 Å². The number of pyridine rings is 1. The number of rotatable bonds is 2. The molecule has 0 saturated carbocycles. The van der Waals surface area contributed by atoms with E-state index in [1.54, 1.807) is 37.6 Å². The molecule has 2 aromatic rings. The molecule has 0 aliphatic carbocycles. The third-order valence-corrected chi connectivity index (χ3v) is 2.24. The van der Waals surface area contributed by atoms with E-state index in [-0.39, 0.29) is 5.82 Å². The predicted molar refractivity (Wildman–Crippen MR) is 60.6 cm³/mol. The molecule has 4 heteroatoms. The van der Waals surface area contributed by atoms with Gasteiger partial charge in [-0.1, -0.05) is 0 Å². The molecule has 0 fully saturated rings. The molecule has 16 heavy (non-hydrogen) atoms. The standard InChI is InChI=1S/C12H11FN2O/c1-16-9-3-5-12(15-7-9)10-4-2-8(14)6-11(10)13/h2-7H,14H2,1H3. The molecule has 0 amide bonds. The Hall–Kier alpha value is -2.10. The fraction of sp³-hybridized carbons (Fsp3) is 0.0833. The van der Waals surface area contributed by atoms with Crippen molar-refractivity contribution in [2.24, 2.45) is 0 Å². The minimum atomic E-state index is -0.377. The summed E-state index contributed by atoms with van der Waals surface area (Å²) in [6.45, 7) is 0. The van der Waals surface area contributed by atoms with Crippen LogP contribution in [-0.2, 0) is 0 Å². The number of hydrogen-bond donors (Lipinski definition) is 1. The Kier molecular flexibility index (Phi) is 2.72. The summed E-state index contributed by atoms with van der Waals surface area (Å²) in [5.41, 5.74) is 6.85. The molecule has 3 nitrogen and oxygen atoms in total. The van der Waals surface area contributed by atoms with Crippen molar-refractivity contribution in [1.82, 2.24) is 4.98 Å². The number of nitrogens with two attached hydrogens (primary N) is 1. The fourth-order valence-electron chi connectivity index (χ4n) is 1.40. The van der Waals surface area contributed by atoms with E-state index in [0.29, 0.717) is 22.7 Å². The normalized spacial score (nSPS) is 10.1. The van der Waals surface area contributed by atoms with E-state index in [9.17, 15) is 4.39 Å². The van der Waals surface area contributed by atoms with Gasteiger partial charge in [0.2, 0.25) is 0 Å². The van der Waals surface area contributed by atoms with E-state index in [1.165, 1.54) is 6.07 Å². The highest BCUT2D eigenvalue weighted by Crippen LogP contribution is 2.23.